The summed E-state index contributed by atoms with van der Waals surface area (Å²) in [6, 6.07) is 3.55. The fourth-order valence-corrected chi connectivity index (χ4v) is 1.90. The third-order valence-corrected chi connectivity index (χ3v) is 3.24. The van der Waals surface area contributed by atoms with Gasteiger partial charge in [-0.25, -0.2) is 8.78 Å². The highest BCUT2D eigenvalue weighted by Gasteiger charge is 2.18. The molecule has 0 heterocycles. The summed E-state index contributed by atoms with van der Waals surface area (Å²) in [7, 11) is 0. The van der Waals surface area contributed by atoms with Crippen molar-refractivity contribution in [3.63, 3.8) is 0 Å². The Morgan fingerprint density at radius 2 is 2.06 bits per heavy atom. The van der Waals surface area contributed by atoms with E-state index < -0.39 is 17.2 Å². The van der Waals surface area contributed by atoms with Crippen molar-refractivity contribution in [3.05, 3.63) is 29.8 Å². The van der Waals surface area contributed by atoms with E-state index in [-0.39, 0.29) is 11.7 Å². The molecular weight excluding hydrogens is 258 g/mol. The van der Waals surface area contributed by atoms with Gasteiger partial charge in [-0.05, 0) is 32.0 Å². The number of hydrogen-bond donors (Lipinski definition) is 2. The standard InChI is InChI=1S/C12H16F2N2OS/c1-12(2,7-15)16-11(17)6-18-8-3-4-9(13)10(14)5-8/h3-5H,6-7,15H2,1-2H3,(H,16,17). The van der Waals surface area contributed by atoms with Gasteiger partial charge >= 0.3 is 0 Å². The van der Waals surface area contributed by atoms with Gasteiger partial charge in [0.05, 0.1) is 5.75 Å². The van der Waals surface area contributed by atoms with Crippen LogP contribution in [-0.4, -0.2) is 23.7 Å². The summed E-state index contributed by atoms with van der Waals surface area (Å²) < 4.78 is 25.6. The van der Waals surface area contributed by atoms with Crippen molar-refractivity contribution in [2.45, 2.75) is 24.3 Å². The third kappa shape index (κ3) is 4.62. The molecule has 0 radical (unpaired) electrons. The van der Waals surface area contributed by atoms with Gasteiger partial charge in [0.15, 0.2) is 11.6 Å². The Morgan fingerprint density at radius 3 is 2.61 bits per heavy atom. The Bertz CT molecular complexity index is 438. The molecule has 0 saturated heterocycles. The van der Waals surface area contributed by atoms with Gasteiger partial charge in [-0.15, -0.1) is 11.8 Å². The van der Waals surface area contributed by atoms with Gasteiger partial charge in [-0.1, -0.05) is 0 Å². The van der Waals surface area contributed by atoms with Crippen LogP contribution in [0.15, 0.2) is 23.1 Å². The number of hydrogen-bond acceptors (Lipinski definition) is 3. The van der Waals surface area contributed by atoms with E-state index >= 15 is 0 Å². The maximum atomic E-state index is 12.9. The highest BCUT2D eigenvalue weighted by Crippen LogP contribution is 2.20. The Kier molecular flexibility index (Phi) is 5.10. The molecule has 0 unspecified atom stereocenters. The van der Waals surface area contributed by atoms with E-state index in [1.807, 2.05) is 13.8 Å². The van der Waals surface area contributed by atoms with Gasteiger partial charge in [0.1, 0.15) is 0 Å². The Morgan fingerprint density at radius 1 is 1.39 bits per heavy atom. The average molecular weight is 274 g/mol. The molecule has 1 aromatic rings. The molecule has 3 N–H and O–H groups in total. The van der Waals surface area contributed by atoms with Crippen molar-refractivity contribution < 1.29 is 13.6 Å². The van der Waals surface area contributed by atoms with Crippen LogP contribution in [0.25, 0.3) is 0 Å². The number of carbonyl (C=O) groups excluding carboxylic acids is 1. The Labute approximate surface area is 109 Å². The molecule has 0 saturated carbocycles. The lowest BCUT2D eigenvalue weighted by atomic mass is 10.1. The predicted octanol–water partition coefficient (Wildman–Crippen LogP) is 1.91. The van der Waals surface area contributed by atoms with Crippen LogP contribution < -0.4 is 11.1 Å². The largest absolute Gasteiger partial charge is 0.349 e. The molecule has 6 heteroatoms. The summed E-state index contributed by atoms with van der Waals surface area (Å²) in [5.41, 5.74) is 5.02. The minimum absolute atomic E-state index is 0.133. The lowest BCUT2D eigenvalue weighted by molar-refractivity contribution is -0.120. The lowest BCUT2D eigenvalue weighted by Gasteiger charge is -2.24. The molecule has 100 valence electrons. The summed E-state index contributed by atoms with van der Waals surface area (Å²) in [4.78, 5) is 12.1. The fraction of sp³-hybridized carbons (Fsp3) is 0.417. The number of carbonyl (C=O) groups is 1. The molecule has 1 amide bonds. The van der Waals surface area contributed by atoms with E-state index in [1.165, 1.54) is 6.07 Å². The highest BCUT2D eigenvalue weighted by atomic mass is 32.2. The number of halogens is 2. The van der Waals surface area contributed by atoms with Crippen LogP contribution >= 0.6 is 11.8 Å². The molecule has 3 nitrogen and oxygen atoms in total. The number of nitrogens with one attached hydrogen (secondary N) is 1. The summed E-state index contributed by atoms with van der Waals surface area (Å²) >= 11 is 1.14. The Hall–Kier alpha value is -1.14. The van der Waals surface area contributed by atoms with Crippen LogP contribution in [0.5, 0.6) is 0 Å². The van der Waals surface area contributed by atoms with E-state index in [0.717, 1.165) is 23.9 Å². The molecule has 0 atom stereocenters. The van der Waals surface area contributed by atoms with Crippen LogP contribution in [0.4, 0.5) is 8.78 Å². The molecule has 0 fully saturated rings. The fourth-order valence-electron chi connectivity index (χ4n) is 1.18. The number of benzene rings is 1. The summed E-state index contributed by atoms with van der Waals surface area (Å²) in [5, 5.41) is 2.75. The van der Waals surface area contributed by atoms with Crippen molar-refractivity contribution in [3.8, 4) is 0 Å². The van der Waals surface area contributed by atoms with Gasteiger partial charge in [-0.2, -0.15) is 0 Å². The smallest absolute Gasteiger partial charge is 0.230 e. The SMILES string of the molecule is CC(C)(CN)NC(=O)CSc1ccc(F)c(F)c1. The molecule has 0 spiro atoms. The van der Waals surface area contributed by atoms with E-state index in [2.05, 4.69) is 5.32 Å². The lowest BCUT2D eigenvalue weighted by Crippen LogP contribution is -2.49. The second-order valence-corrected chi connectivity index (χ2v) is 5.55. The number of amides is 1. The first-order valence-electron chi connectivity index (χ1n) is 5.43. The van der Waals surface area contributed by atoms with Crippen molar-refractivity contribution in [2.24, 2.45) is 5.73 Å². The van der Waals surface area contributed by atoms with Gasteiger partial charge < -0.3 is 11.1 Å². The molecule has 0 bridgehead atoms. The second-order valence-electron chi connectivity index (χ2n) is 4.50. The molecule has 0 aliphatic rings. The molecule has 0 aliphatic heterocycles. The molecule has 1 rings (SSSR count). The van der Waals surface area contributed by atoms with Crippen LogP contribution in [-0.2, 0) is 4.79 Å². The predicted molar refractivity (Wildman–Crippen MR) is 68.4 cm³/mol. The summed E-state index contributed by atoms with van der Waals surface area (Å²) in [6.07, 6.45) is 0. The zero-order valence-corrected chi connectivity index (χ0v) is 11.1. The molecule has 1 aromatic carbocycles. The van der Waals surface area contributed by atoms with Crippen LogP contribution in [0, 0.1) is 11.6 Å². The molecular formula is C12H16F2N2OS. The van der Waals surface area contributed by atoms with E-state index in [0.29, 0.717) is 11.4 Å². The topological polar surface area (TPSA) is 55.1 Å². The molecule has 0 aliphatic carbocycles. The van der Waals surface area contributed by atoms with Crippen LogP contribution in [0.3, 0.4) is 0 Å². The van der Waals surface area contributed by atoms with Crippen molar-refractivity contribution >= 4 is 17.7 Å². The third-order valence-electron chi connectivity index (χ3n) is 2.25. The van der Waals surface area contributed by atoms with Gasteiger partial charge in [0.2, 0.25) is 5.91 Å². The van der Waals surface area contributed by atoms with E-state index in [4.69, 9.17) is 5.73 Å². The van der Waals surface area contributed by atoms with E-state index in [9.17, 15) is 13.6 Å². The van der Waals surface area contributed by atoms with Crippen molar-refractivity contribution in [1.82, 2.24) is 5.32 Å². The second kappa shape index (κ2) is 6.15. The molecule has 18 heavy (non-hydrogen) atoms. The summed E-state index contributed by atoms with van der Waals surface area (Å²) in [5.74, 6) is -1.87. The van der Waals surface area contributed by atoms with Gasteiger partial charge in [0, 0.05) is 17.0 Å². The van der Waals surface area contributed by atoms with Crippen molar-refractivity contribution in [1.29, 1.82) is 0 Å². The number of nitrogens with two attached hydrogens (primary N) is 1. The minimum atomic E-state index is -0.914. The highest BCUT2D eigenvalue weighted by molar-refractivity contribution is 8.00. The molecule has 0 aromatic heterocycles. The van der Waals surface area contributed by atoms with Crippen LogP contribution in [0.2, 0.25) is 0 Å². The van der Waals surface area contributed by atoms with Gasteiger partial charge in [-0.3, -0.25) is 4.79 Å². The maximum Gasteiger partial charge on any atom is 0.230 e. The van der Waals surface area contributed by atoms with E-state index in [1.54, 1.807) is 0 Å². The quantitative estimate of drug-likeness (QED) is 0.806. The first kappa shape index (κ1) is 14.9. The Balaban J connectivity index is 2.50. The first-order valence-corrected chi connectivity index (χ1v) is 6.41. The van der Waals surface area contributed by atoms with Crippen LogP contribution in [0.1, 0.15) is 13.8 Å². The average Bonchev–Trinajstić information content (AvgIpc) is 2.30. The normalized spacial score (nSPS) is 11.4. The zero-order valence-electron chi connectivity index (χ0n) is 10.3. The maximum absolute atomic E-state index is 12.9. The monoisotopic (exact) mass is 274 g/mol. The number of rotatable bonds is 5. The summed E-state index contributed by atoms with van der Waals surface area (Å²) in [6.45, 7) is 3.95. The van der Waals surface area contributed by atoms with Gasteiger partial charge in [0.25, 0.3) is 0 Å². The van der Waals surface area contributed by atoms with Crippen molar-refractivity contribution in [2.75, 3.05) is 12.3 Å². The first-order chi connectivity index (χ1) is 8.34. The zero-order chi connectivity index (χ0) is 13.8. The minimum Gasteiger partial charge on any atom is -0.349 e. The number of thioether (sulfide) groups is 1.